The Hall–Kier alpha value is -1.32. The number of carbonyl (C=O) groups is 1. The van der Waals surface area contributed by atoms with E-state index in [2.05, 4.69) is 10.3 Å². The van der Waals surface area contributed by atoms with Crippen LogP contribution in [0.5, 0.6) is 0 Å². The molecule has 1 aromatic heterocycles. The van der Waals surface area contributed by atoms with Crippen molar-refractivity contribution >= 4 is 11.6 Å². The van der Waals surface area contributed by atoms with E-state index in [9.17, 15) is 4.79 Å². The first-order chi connectivity index (χ1) is 6.86. The zero-order valence-electron chi connectivity index (χ0n) is 10.1. The highest BCUT2D eigenvalue weighted by atomic mass is 16.1. The lowest BCUT2D eigenvalue weighted by Gasteiger charge is -2.15. The van der Waals surface area contributed by atoms with Crippen molar-refractivity contribution in [2.24, 2.45) is 12.5 Å². The number of imidazole rings is 1. The van der Waals surface area contributed by atoms with Gasteiger partial charge in [0.25, 0.3) is 0 Å². The molecule has 1 N–H and O–H groups in total. The van der Waals surface area contributed by atoms with Crippen molar-refractivity contribution in [2.45, 2.75) is 27.7 Å². The number of nitrogens with one attached hydrogen (secondary N) is 1. The van der Waals surface area contributed by atoms with E-state index in [1.807, 2.05) is 40.9 Å². The average Bonchev–Trinajstić information content (AvgIpc) is 2.44. The van der Waals surface area contributed by atoms with Gasteiger partial charge in [0.15, 0.2) is 5.82 Å². The van der Waals surface area contributed by atoms with Gasteiger partial charge in [-0.15, -0.1) is 0 Å². The van der Waals surface area contributed by atoms with Crippen LogP contribution in [0.3, 0.4) is 0 Å². The van der Waals surface area contributed by atoms with E-state index in [1.165, 1.54) is 0 Å². The highest BCUT2D eigenvalue weighted by Gasteiger charge is 2.26. The second-order valence-electron chi connectivity index (χ2n) is 4.67. The van der Waals surface area contributed by atoms with Gasteiger partial charge in [0.05, 0.1) is 0 Å². The van der Waals surface area contributed by atoms with Crippen LogP contribution in [0.15, 0.2) is 6.20 Å². The molecule has 0 bridgehead atoms. The summed E-state index contributed by atoms with van der Waals surface area (Å²) in [5.74, 6) is 1.33. The predicted molar refractivity (Wildman–Crippen MR) is 61.2 cm³/mol. The van der Waals surface area contributed by atoms with E-state index in [0.717, 1.165) is 12.4 Å². The Bertz CT molecular complexity index is 360. The van der Waals surface area contributed by atoms with Crippen molar-refractivity contribution in [3.63, 3.8) is 0 Å². The summed E-state index contributed by atoms with van der Waals surface area (Å²) in [5.41, 5.74) is -0.386. The van der Waals surface area contributed by atoms with Gasteiger partial charge in [-0.05, 0) is 6.92 Å². The van der Waals surface area contributed by atoms with E-state index in [0.29, 0.717) is 5.82 Å². The molecule has 15 heavy (non-hydrogen) atoms. The van der Waals surface area contributed by atoms with Gasteiger partial charge in [-0.25, -0.2) is 4.98 Å². The Morgan fingerprint density at radius 1 is 1.53 bits per heavy atom. The predicted octanol–water partition coefficient (Wildman–Crippen LogP) is 2.08. The van der Waals surface area contributed by atoms with Crippen LogP contribution in [-0.4, -0.2) is 21.9 Å². The van der Waals surface area contributed by atoms with Crippen molar-refractivity contribution in [2.75, 3.05) is 11.9 Å². The molecule has 0 aliphatic heterocycles. The van der Waals surface area contributed by atoms with Gasteiger partial charge in [-0.1, -0.05) is 20.8 Å². The van der Waals surface area contributed by atoms with Gasteiger partial charge in [0.2, 0.25) is 5.78 Å². The van der Waals surface area contributed by atoms with E-state index in [4.69, 9.17) is 0 Å². The smallest absolute Gasteiger partial charge is 0.203 e. The summed E-state index contributed by atoms with van der Waals surface area (Å²) in [5, 5.41) is 3.09. The summed E-state index contributed by atoms with van der Waals surface area (Å²) in [6.07, 6.45) is 1.84. The van der Waals surface area contributed by atoms with Gasteiger partial charge in [-0.2, -0.15) is 0 Å². The van der Waals surface area contributed by atoms with Crippen molar-refractivity contribution < 1.29 is 4.79 Å². The molecule has 0 spiro atoms. The molecule has 0 aliphatic carbocycles. The van der Waals surface area contributed by atoms with Gasteiger partial charge in [0, 0.05) is 25.2 Å². The van der Waals surface area contributed by atoms with Gasteiger partial charge in [0.1, 0.15) is 5.82 Å². The number of aryl methyl sites for hydroxylation is 1. The molecule has 4 nitrogen and oxygen atoms in total. The third-order valence-corrected chi connectivity index (χ3v) is 2.12. The Morgan fingerprint density at radius 2 is 2.13 bits per heavy atom. The minimum absolute atomic E-state index is 0.0640. The van der Waals surface area contributed by atoms with Crippen LogP contribution in [0.2, 0.25) is 0 Å². The molecule has 0 atom stereocenters. The quantitative estimate of drug-likeness (QED) is 0.775. The molecule has 0 radical (unpaired) electrons. The second kappa shape index (κ2) is 4.04. The Labute approximate surface area is 90.7 Å². The summed E-state index contributed by atoms with van der Waals surface area (Å²) in [7, 11) is 1.84. The standard InChI is InChI=1S/C11H19N3O/c1-6-12-8-7-14(5)10(13-8)9(15)11(2,3)4/h7,12H,6H2,1-5H3. The summed E-state index contributed by atoms with van der Waals surface area (Å²) >= 11 is 0. The largest absolute Gasteiger partial charge is 0.369 e. The average molecular weight is 209 g/mol. The fraction of sp³-hybridized carbons (Fsp3) is 0.636. The van der Waals surface area contributed by atoms with Gasteiger partial charge < -0.3 is 9.88 Å². The Kier molecular flexibility index (Phi) is 3.17. The van der Waals surface area contributed by atoms with Crippen LogP contribution in [0, 0.1) is 5.41 Å². The lowest BCUT2D eigenvalue weighted by atomic mass is 9.90. The minimum atomic E-state index is -0.386. The van der Waals surface area contributed by atoms with Crippen molar-refractivity contribution in [1.29, 1.82) is 0 Å². The number of Topliss-reactive ketones (excluding diaryl/α,β-unsaturated/α-hetero) is 1. The monoisotopic (exact) mass is 209 g/mol. The molecule has 1 heterocycles. The zero-order valence-corrected chi connectivity index (χ0v) is 10.1. The first kappa shape index (κ1) is 11.8. The normalized spacial score (nSPS) is 11.5. The first-order valence-electron chi connectivity index (χ1n) is 5.18. The topological polar surface area (TPSA) is 46.9 Å². The highest BCUT2D eigenvalue weighted by molar-refractivity contribution is 5.97. The summed E-state index contributed by atoms with van der Waals surface area (Å²) in [6, 6.07) is 0. The Morgan fingerprint density at radius 3 is 2.60 bits per heavy atom. The fourth-order valence-electron chi connectivity index (χ4n) is 1.28. The van der Waals surface area contributed by atoms with Crippen LogP contribution in [-0.2, 0) is 7.05 Å². The maximum atomic E-state index is 12.0. The molecule has 1 aromatic rings. The molecular weight excluding hydrogens is 190 g/mol. The third-order valence-electron chi connectivity index (χ3n) is 2.12. The maximum Gasteiger partial charge on any atom is 0.203 e. The molecule has 4 heteroatoms. The number of anilines is 1. The van der Waals surface area contributed by atoms with Gasteiger partial charge in [-0.3, -0.25) is 4.79 Å². The number of rotatable bonds is 3. The SMILES string of the molecule is CCNc1cn(C)c(C(=O)C(C)(C)C)n1. The highest BCUT2D eigenvalue weighted by Crippen LogP contribution is 2.20. The first-order valence-corrected chi connectivity index (χ1v) is 5.18. The fourth-order valence-corrected chi connectivity index (χ4v) is 1.28. The second-order valence-corrected chi connectivity index (χ2v) is 4.67. The van der Waals surface area contributed by atoms with Crippen LogP contribution >= 0.6 is 0 Å². The molecule has 0 saturated heterocycles. The van der Waals surface area contributed by atoms with Crippen molar-refractivity contribution in [1.82, 2.24) is 9.55 Å². The van der Waals surface area contributed by atoms with Crippen molar-refractivity contribution in [3.05, 3.63) is 12.0 Å². The lowest BCUT2D eigenvalue weighted by Crippen LogP contribution is -2.23. The van der Waals surface area contributed by atoms with Crippen LogP contribution < -0.4 is 5.32 Å². The van der Waals surface area contributed by atoms with E-state index in [1.54, 1.807) is 4.57 Å². The number of nitrogens with zero attached hydrogens (tertiary/aromatic N) is 2. The van der Waals surface area contributed by atoms with E-state index >= 15 is 0 Å². The van der Waals surface area contributed by atoms with E-state index < -0.39 is 0 Å². The van der Waals surface area contributed by atoms with E-state index in [-0.39, 0.29) is 11.2 Å². The van der Waals surface area contributed by atoms with Crippen LogP contribution in [0.25, 0.3) is 0 Å². The molecule has 0 fully saturated rings. The number of hydrogen-bond acceptors (Lipinski definition) is 3. The molecule has 0 saturated carbocycles. The summed E-state index contributed by atoms with van der Waals surface area (Å²) in [6.45, 7) is 8.50. The van der Waals surface area contributed by atoms with Gasteiger partial charge >= 0.3 is 0 Å². The molecule has 0 aromatic carbocycles. The number of ketones is 1. The number of carbonyl (C=O) groups excluding carboxylic acids is 1. The number of aromatic nitrogens is 2. The van der Waals surface area contributed by atoms with Crippen LogP contribution in [0.4, 0.5) is 5.82 Å². The summed E-state index contributed by atoms with van der Waals surface area (Å²) < 4.78 is 1.77. The maximum absolute atomic E-state index is 12.0. The Balaban J connectivity index is 3.00. The zero-order chi connectivity index (χ0) is 11.6. The van der Waals surface area contributed by atoms with Crippen molar-refractivity contribution in [3.8, 4) is 0 Å². The minimum Gasteiger partial charge on any atom is -0.369 e. The lowest BCUT2D eigenvalue weighted by molar-refractivity contribution is 0.0843. The third kappa shape index (κ3) is 2.58. The molecule has 84 valence electrons. The molecule has 0 amide bonds. The summed E-state index contributed by atoms with van der Waals surface area (Å²) in [4.78, 5) is 16.3. The molecular formula is C11H19N3O. The molecule has 0 aliphatic rings. The molecule has 1 rings (SSSR count). The molecule has 0 unspecified atom stereocenters. The number of hydrogen-bond donors (Lipinski definition) is 1. The van der Waals surface area contributed by atoms with Crippen LogP contribution in [0.1, 0.15) is 38.3 Å².